The summed E-state index contributed by atoms with van der Waals surface area (Å²) < 4.78 is 16.9. The second-order valence-electron chi connectivity index (χ2n) is 7.65. The largest absolute Gasteiger partial charge is 0.494 e. The van der Waals surface area contributed by atoms with Crippen LogP contribution in [0.4, 0.5) is 0 Å². The van der Waals surface area contributed by atoms with E-state index < -0.39 is 6.10 Å². The maximum atomic E-state index is 12.2. The van der Waals surface area contributed by atoms with Gasteiger partial charge in [-0.1, -0.05) is 69.5 Å². The SMILES string of the molecule is CCCCCOc1ccc(-c2ccc(C(C)OC(=O)C(C)OCCCC)cc2)cc1. The summed E-state index contributed by atoms with van der Waals surface area (Å²) in [6, 6.07) is 16.3. The van der Waals surface area contributed by atoms with Gasteiger partial charge in [-0.15, -0.1) is 0 Å². The zero-order valence-corrected chi connectivity index (χ0v) is 18.9. The average molecular weight is 413 g/mol. The van der Waals surface area contributed by atoms with Gasteiger partial charge >= 0.3 is 5.97 Å². The molecule has 0 N–H and O–H groups in total. The van der Waals surface area contributed by atoms with Crippen molar-refractivity contribution < 1.29 is 19.0 Å². The molecule has 0 radical (unpaired) electrons. The molecule has 2 rings (SSSR count). The molecule has 0 aliphatic heterocycles. The standard InChI is InChI=1S/C26H36O4/c1-5-7-9-19-29-25-16-14-24(15-17-25)23-12-10-22(11-13-23)20(3)30-26(27)21(4)28-18-8-6-2/h10-17,20-21H,5-9,18-19H2,1-4H3. The van der Waals surface area contributed by atoms with Crippen molar-refractivity contribution in [3.8, 4) is 16.9 Å². The number of esters is 1. The summed E-state index contributed by atoms with van der Waals surface area (Å²) in [4.78, 5) is 12.2. The molecule has 0 aliphatic carbocycles. The molecule has 0 aromatic heterocycles. The van der Waals surface area contributed by atoms with Crippen LogP contribution < -0.4 is 4.74 Å². The Labute approximate surface area is 181 Å². The number of hydrogen-bond donors (Lipinski definition) is 0. The Hall–Kier alpha value is -2.33. The summed E-state index contributed by atoms with van der Waals surface area (Å²) in [6.45, 7) is 9.25. The van der Waals surface area contributed by atoms with E-state index in [0.717, 1.165) is 48.3 Å². The highest BCUT2D eigenvalue weighted by Crippen LogP contribution is 2.25. The van der Waals surface area contributed by atoms with Crippen LogP contribution in [0.25, 0.3) is 11.1 Å². The molecular weight excluding hydrogens is 376 g/mol. The third-order valence-corrected chi connectivity index (χ3v) is 5.07. The van der Waals surface area contributed by atoms with Crippen LogP contribution in [0, 0.1) is 0 Å². The lowest BCUT2D eigenvalue weighted by atomic mass is 10.0. The van der Waals surface area contributed by atoms with Gasteiger partial charge in [-0.05, 0) is 55.5 Å². The molecule has 0 heterocycles. The van der Waals surface area contributed by atoms with Crippen molar-refractivity contribution >= 4 is 5.97 Å². The monoisotopic (exact) mass is 412 g/mol. The Morgan fingerprint density at radius 3 is 2.00 bits per heavy atom. The van der Waals surface area contributed by atoms with E-state index in [1.807, 2.05) is 31.2 Å². The van der Waals surface area contributed by atoms with Crippen LogP contribution in [0.3, 0.4) is 0 Å². The van der Waals surface area contributed by atoms with Gasteiger partial charge < -0.3 is 14.2 Å². The first-order valence-electron chi connectivity index (χ1n) is 11.2. The molecule has 0 spiro atoms. The molecule has 0 aliphatic rings. The zero-order chi connectivity index (χ0) is 21.8. The van der Waals surface area contributed by atoms with E-state index in [2.05, 4.69) is 38.1 Å². The Morgan fingerprint density at radius 1 is 0.800 bits per heavy atom. The third kappa shape index (κ3) is 7.83. The van der Waals surface area contributed by atoms with Crippen molar-refractivity contribution in [1.82, 2.24) is 0 Å². The molecule has 2 atom stereocenters. The van der Waals surface area contributed by atoms with Crippen molar-refractivity contribution in [3.63, 3.8) is 0 Å². The number of ether oxygens (including phenoxy) is 3. The Morgan fingerprint density at radius 2 is 1.40 bits per heavy atom. The number of benzene rings is 2. The highest BCUT2D eigenvalue weighted by atomic mass is 16.6. The first-order valence-corrected chi connectivity index (χ1v) is 11.2. The van der Waals surface area contributed by atoms with Gasteiger partial charge in [-0.2, -0.15) is 0 Å². The van der Waals surface area contributed by atoms with Crippen LogP contribution in [-0.4, -0.2) is 25.3 Å². The number of hydrogen-bond acceptors (Lipinski definition) is 4. The summed E-state index contributed by atoms with van der Waals surface area (Å²) >= 11 is 0. The third-order valence-electron chi connectivity index (χ3n) is 5.07. The normalized spacial score (nSPS) is 12.9. The summed E-state index contributed by atoms with van der Waals surface area (Å²) in [5, 5.41) is 0. The lowest BCUT2D eigenvalue weighted by Gasteiger charge is -2.18. The van der Waals surface area contributed by atoms with Crippen molar-refractivity contribution in [2.45, 2.75) is 72.0 Å². The predicted octanol–water partition coefficient (Wildman–Crippen LogP) is 6.73. The van der Waals surface area contributed by atoms with E-state index in [4.69, 9.17) is 14.2 Å². The number of carbonyl (C=O) groups is 1. The van der Waals surface area contributed by atoms with Gasteiger partial charge in [0, 0.05) is 6.61 Å². The molecule has 0 bridgehead atoms. The van der Waals surface area contributed by atoms with Crippen LogP contribution >= 0.6 is 0 Å². The van der Waals surface area contributed by atoms with Crippen molar-refractivity contribution in [1.29, 1.82) is 0 Å². The van der Waals surface area contributed by atoms with Gasteiger partial charge in [-0.3, -0.25) is 0 Å². The molecule has 0 amide bonds. The van der Waals surface area contributed by atoms with Gasteiger partial charge in [0.05, 0.1) is 6.61 Å². The Kier molecular flexibility index (Phi) is 10.4. The molecule has 2 aromatic rings. The molecule has 0 fully saturated rings. The summed E-state index contributed by atoms with van der Waals surface area (Å²) in [7, 11) is 0. The lowest BCUT2D eigenvalue weighted by Crippen LogP contribution is -2.25. The molecule has 30 heavy (non-hydrogen) atoms. The van der Waals surface area contributed by atoms with E-state index in [9.17, 15) is 4.79 Å². The number of rotatable bonds is 13. The van der Waals surface area contributed by atoms with E-state index in [1.54, 1.807) is 6.92 Å². The smallest absolute Gasteiger partial charge is 0.335 e. The van der Waals surface area contributed by atoms with Crippen LogP contribution in [0.2, 0.25) is 0 Å². The minimum atomic E-state index is -0.541. The first-order chi connectivity index (χ1) is 14.5. The van der Waals surface area contributed by atoms with Gasteiger partial charge in [0.15, 0.2) is 6.10 Å². The van der Waals surface area contributed by atoms with Crippen molar-refractivity contribution in [2.24, 2.45) is 0 Å². The second kappa shape index (κ2) is 13.1. The van der Waals surface area contributed by atoms with E-state index in [-0.39, 0.29) is 12.1 Å². The van der Waals surface area contributed by atoms with Crippen molar-refractivity contribution in [3.05, 3.63) is 54.1 Å². The predicted molar refractivity (Wildman–Crippen MR) is 122 cm³/mol. The fourth-order valence-electron chi connectivity index (χ4n) is 3.04. The molecule has 164 valence electrons. The van der Waals surface area contributed by atoms with Crippen LogP contribution in [-0.2, 0) is 14.3 Å². The fourth-order valence-corrected chi connectivity index (χ4v) is 3.04. The summed E-state index contributed by atoms with van der Waals surface area (Å²) in [6.07, 6.45) is 4.61. The first kappa shape index (κ1) is 23.9. The molecule has 0 saturated carbocycles. The number of carbonyl (C=O) groups excluding carboxylic acids is 1. The Balaban J connectivity index is 1.88. The fraction of sp³-hybridized carbons (Fsp3) is 0.500. The van der Waals surface area contributed by atoms with Gasteiger partial charge in [0.25, 0.3) is 0 Å². The number of unbranched alkanes of at least 4 members (excludes halogenated alkanes) is 3. The van der Waals surface area contributed by atoms with E-state index >= 15 is 0 Å². The van der Waals surface area contributed by atoms with Crippen LogP contribution in [0.1, 0.15) is 71.5 Å². The van der Waals surface area contributed by atoms with Crippen LogP contribution in [0.15, 0.2) is 48.5 Å². The summed E-state index contributed by atoms with van der Waals surface area (Å²) in [5.41, 5.74) is 3.21. The van der Waals surface area contributed by atoms with Gasteiger partial charge in [-0.25, -0.2) is 4.79 Å². The quantitative estimate of drug-likeness (QED) is 0.270. The van der Waals surface area contributed by atoms with E-state index in [0.29, 0.717) is 6.61 Å². The Bertz CT molecular complexity index is 737. The molecule has 4 nitrogen and oxygen atoms in total. The second-order valence-corrected chi connectivity index (χ2v) is 7.65. The topological polar surface area (TPSA) is 44.8 Å². The molecule has 0 saturated heterocycles. The molecular formula is C26H36O4. The molecule has 2 unspecified atom stereocenters. The maximum absolute atomic E-state index is 12.2. The van der Waals surface area contributed by atoms with Gasteiger partial charge in [0.1, 0.15) is 11.9 Å². The van der Waals surface area contributed by atoms with Crippen LogP contribution in [0.5, 0.6) is 5.75 Å². The minimum Gasteiger partial charge on any atom is -0.494 e. The average Bonchev–Trinajstić information content (AvgIpc) is 2.77. The minimum absolute atomic E-state index is 0.317. The zero-order valence-electron chi connectivity index (χ0n) is 18.9. The molecule has 4 heteroatoms. The maximum Gasteiger partial charge on any atom is 0.335 e. The summed E-state index contributed by atoms with van der Waals surface area (Å²) in [5.74, 6) is 0.583. The highest BCUT2D eigenvalue weighted by Gasteiger charge is 2.18. The van der Waals surface area contributed by atoms with E-state index in [1.165, 1.54) is 12.8 Å². The van der Waals surface area contributed by atoms with Crippen molar-refractivity contribution in [2.75, 3.05) is 13.2 Å². The highest BCUT2D eigenvalue weighted by molar-refractivity contribution is 5.74. The van der Waals surface area contributed by atoms with Gasteiger partial charge in [0.2, 0.25) is 0 Å². The lowest BCUT2D eigenvalue weighted by molar-refractivity contribution is -0.161. The molecule has 2 aromatic carbocycles.